The monoisotopic (exact) mass is 295 g/mol. The highest BCUT2D eigenvalue weighted by molar-refractivity contribution is 5.88. The van der Waals surface area contributed by atoms with Crippen molar-refractivity contribution in [1.29, 1.82) is 0 Å². The lowest BCUT2D eigenvalue weighted by molar-refractivity contribution is 0.558. The molecule has 0 saturated heterocycles. The van der Waals surface area contributed by atoms with Gasteiger partial charge in [-0.15, -0.1) is 0 Å². The second kappa shape index (κ2) is 4.81. The molecule has 3 rings (SSSR count). The lowest BCUT2D eigenvalue weighted by Crippen LogP contribution is -2.19. The third-order valence-corrected chi connectivity index (χ3v) is 5.02. The van der Waals surface area contributed by atoms with Gasteiger partial charge in [0.2, 0.25) is 0 Å². The first kappa shape index (κ1) is 15.5. The minimum atomic E-state index is 0.0830. The number of hydrogen-bond acceptors (Lipinski definition) is 1. The largest absolute Gasteiger partial charge is 0.252 e. The molecule has 1 heterocycles. The van der Waals surface area contributed by atoms with Crippen molar-refractivity contribution >= 4 is 10.9 Å². The normalized spacial score (nSPS) is 15.4. The summed E-state index contributed by atoms with van der Waals surface area (Å²) in [5.74, 6) is 0. The Hall–Kier alpha value is -1.37. The summed E-state index contributed by atoms with van der Waals surface area (Å²) in [5.41, 5.74) is 8.65. The zero-order valence-corrected chi connectivity index (χ0v) is 15.2. The molecule has 1 aliphatic carbocycles. The predicted molar refractivity (Wildman–Crippen MR) is 95.9 cm³/mol. The molecule has 2 aromatic rings. The minimum absolute atomic E-state index is 0.0830. The van der Waals surface area contributed by atoms with Gasteiger partial charge in [-0.25, -0.2) is 0 Å². The minimum Gasteiger partial charge on any atom is -0.252 e. The zero-order valence-electron chi connectivity index (χ0n) is 15.2. The van der Waals surface area contributed by atoms with Crippen molar-refractivity contribution in [3.8, 4) is 0 Å². The van der Waals surface area contributed by atoms with Crippen LogP contribution in [0.5, 0.6) is 0 Å². The summed E-state index contributed by atoms with van der Waals surface area (Å²) < 4.78 is 0. The lowest BCUT2D eigenvalue weighted by atomic mass is 9.80. The number of nitrogens with zero attached hydrogens (tertiary/aromatic N) is 1. The van der Waals surface area contributed by atoms with Gasteiger partial charge in [0, 0.05) is 16.5 Å². The third-order valence-electron chi connectivity index (χ3n) is 5.02. The zero-order chi connectivity index (χ0) is 16.3. The van der Waals surface area contributed by atoms with Crippen LogP contribution in [-0.4, -0.2) is 4.98 Å². The molecule has 0 spiro atoms. The molecule has 0 aliphatic heterocycles. The van der Waals surface area contributed by atoms with Crippen molar-refractivity contribution in [1.82, 2.24) is 4.98 Å². The fourth-order valence-corrected chi connectivity index (χ4v) is 3.66. The predicted octanol–water partition coefficient (Wildman–Crippen LogP) is 5.63. The summed E-state index contributed by atoms with van der Waals surface area (Å²) in [5, 5.41) is 1.37. The first-order chi connectivity index (χ1) is 10.1. The van der Waals surface area contributed by atoms with Crippen molar-refractivity contribution < 1.29 is 0 Å². The van der Waals surface area contributed by atoms with E-state index >= 15 is 0 Å². The number of rotatable bonds is 0. The van der Waals surface area contributed by atoms with Gasteiger partial charge in [0.15, 0.2) is 0 Å². The molecule has 0 saturated carbocycles. The standard InChI is InChI=1S/C21H29N/c1-13-15-10-8-9-14(15)11-16-17(20(2,3)4)12-18(21(5,6)7)22-19(13)16/h11-12H,8-10H2,1-7H3. The Morgan fingerprint density at radius 2 is 1.59 bits per heavy atom. The van der Waals surface area contributed by atoms with E-state index in [0.29, 0.717) is 0 Å². The van der Waals surface area contributed by atoms with Crippen molar-refractivity contribution in [2.75, 3.05) is 0 Å². The fraction of sp³-hybridized carbons (Fsp3) is 0.571. The molecule has 0 unspecified atom stereocenters. The van der Waals surface area contributed by atoms with E-state index in [1.165, 1.54) is 47.0 Å². The van der Waals surface area contributed by atoms with E-state index in [4.69, 9.17) is 4.98 Å². The SMILES string of the molecule is Cc1c2c(cc3c(C(C)(C)C)cc(C(C)(C)C)nc13)CCC2. The number of fused-ring (bicyclic) bond motifs is 2. The quantitative estimate of drug-likeness (QED) is 0.614. The van der Waals surface area contributed by atoms with Gasteiger partial charge in [0.1, 0.15) is 0 Å². The maximum Gasteiger partial charge on any atom is 0.0740 e. The Morgan fingerprint density at radius 3 is 2.18 bits per heavy atom. The Balaban J connectivity index is 2.43. The number of hydrogen-bond donors (Lipinski definition) is 0. The van der Waals surface area contributed by atoms with E-state index < -0.39 is 0 Å². The molecule has 0 fully saturated rings. The summed E-state index contributed by atoms with van der Waals surface area (Å²) in [6.07, 6.45) is 3.75. The Morgan fingerprint density at radius 1 is 0.909 bits per heavy atom. The van der Waals surface area contributed by atoms with Crippen LogP contribution in [0.1, 0.15) is 75.9 Å². The van der Waals surface area contributed by atoms with Crippen LogP contribution in [0, 0.1) is 6.92 Å². The molecule has 1 aromatic heterocycles. The van der Waals surface area contributed by atoms with Gasteiger partial charge in [-0.05, 0) is 66.0 Å². The van der Waals surface area contributed by atoms with Crippen LogP contribution in [0.15, 0.2) is 12.1 Å². The van der Waals surface area contributed by atoms with Gasteiger partial charge < -0.3 is 0 Å². The fourth-order valence-electron chi connectivity index (χ4n) is 3.66. The van der Waals surface area contributed by atoms with Crippen LogP contribution in [-0.2, 0) is 23.7 Å². The Kier molecular flexibility index (Phi) is 3.39. The highest BCUT2D eigenvalue weighted by Crippen LogP contribution is 2.38. The molecule has 0 radical (unpaired) electrons. The summed E-state index contributed by atoms with van der Waals surface area (Å²) in [4.78, 5) is 5.10. The summed E-state index contributed by atoms with van der Waals surface area (Å²) in [7, 11) is 0. The number of aryl methyl sites for hydroxylation is 2. The second-order valence-electron chi connectivity index (χ2n) is 8.94. The smallest absolute Gasteiger partial charge is 0.0740 e. The van der Waals surface area contributed by atoms with Gasteiger partial charge >= 0.3 is 0 Å². The van der Waals surface area contributed by atoms with Crippen LogP contribution in [0.3, 0.4) is 0 Å². The van der Waals surface area contributed by atoms with E-state index in [-0.39, 0.29) is 10.8 Å². The van der Waals surface area contributed by atoms with E-state index in [9.17, 15) is 0 Å². The van der Waals surface area contributed by atoms with Crippen molar-refractivity contribution in [2.24, 2.45) is 0 Å². The second-order valence-corrected chi connectivity index (χ2v) is 8.94. The highest BCUT2D eigenvalue weighted by Gasteiger charge is 2.26. The summed E-state index contributed by atoms with van der Waals surface area (Å²) >= 11 is 0. The van der Waals surface area contributed by atoms with Gasteiger partial charge in [-0.2, -0.15) is 0 Å². The topological polar surface area (TPSA) is 12.9 Å². The van der Waals surface area contributed by atoms with Crippen LogP contribution in [0.4, 0.5) is 0 Å². The first-order valence-corrected chi connectivity index (χ1v) is 8.56. The van der Waals surface area contributed by atoms with Gasteiger partial charge in [-0.1, -0.05) is 41.5 Å². The molecular formula is C21H29N. The molecule has 118 valence electrons. The highest BCUT2D eigenvalue weighted by atomic mass is 14.7. The van der Waals surface area contributed by atoms with Crippen molar-refractivity contribution in [3.63, 3.8) is 0 Å². The maximum atomic E-state index is 5.10. The molecule has 22 heavy (non-hydrogen) atoms. The van der Waals surface area contributed by atoms with E-state index in [1.807, 2.05) is 0 Å². The lowest BCUT2D eigenvalue weighted by Gasteiger charge is -2.27. The molecule has 1 aromatic carbocycles. The number of aromatic nitrogens is 1. The molecule has 0 amide bonds. The molecular weight excluding hydrogens is 266 g/mol. The van der Waals surface area contributed by atoms with Crippen LogP contribution < -0.4 is 0 Å². The Labute approximate surface area is 135 Å². The Bertz CT molecular complexity index is 739. The van der Waals surface area contributed by atoms with Gasteiger partial charge in [0.25, 0.3) is 0 Å². The van der Waals surface area contributed by atoms with E-state index in [2.05, 4.69) is 60.6 Å². The maximum absolute atomic E-state index is 5.10. The van der Waals surface area contributed by atoms with Crippen LogP contribution >= 0.6 is 0 Å². The van der Waals surface area contributed by atoms with Gasteiger partial charge in [-0.3, -0.25) is 4.98 Å². The molecule has 0 atom stereocenters. The number of benzene rings is 1. The molecule has 1 aliphatic rings. The number of pyridine rings is 1. The first-order valence-electron chi connectivity index (χ1n) is 8.56. The summed E-state index contributed by atoms with van der Waals surface area (Å²) in [6.45, 7) is 16.0. The molecule has 0 N–H and O–H groups in total. The molecule has 1 nitrogen and oxygen atoms in total. The van der Waals surface area contributed by atoms with Crippen molar-refractivity contribution in [2.45, 2.75) is 78.6 Å². The summed E-state index contributed by atoms with van der Waals surface area (Å²) in [6, 6.07) is 4.79. The average molecular weight is 295 g/mol. The van der Waals surface area contributed by atoms with Crippen LogP contribution in [0.25, 0.3) is 10.9 Å². The van der Waals surface area contributed by atoms with E-state index in [1.54, 1.807) is 11.1 Å². The van der Waals surface area contributed by atoms with E-state index in [0.717, 1.165) is 0 Å². The van der Waals surface area contributed by atoms with Gasteiger partial charge in [0.05, 0.1) is 5.52 Å². The molecule has 0 bridgehead atoms. The van der Waals surface area contributed by atoms with Crippen LogP contribution in [0.2, 0.25) is 0 Å². The third kappa shape index (κ3) is 2.45. The average Bonchev–Trinajstić information content (AvgIpc) is 2.84. The molecule has 1 heteroatoms. The van der Waals surface area contributed by atoms with Crippen molar-refractivity contribution in [3.05, 3.63) is 40.1 Å².